The molecule has 0 fully saturated rings. The maximum atomic E-state index is 12.0. The molecule has 1 amide bonds. The van der Waals surface area contributed by atoms with Gasteiger partial charge in [0.2, 0.25) is 5.91 Å². The van der Waals surface area contributed by atoms with E-state index in [4.69, 9.17) is 5.73 Å². The van der Waals surface area contributed by atoms with E-state index in [-0.39, 0.29) is 11.9 Å². The highest BCUT2D eigenvalue weighted by atomic mass is 16.2. The lowest BCUT2D eigenvalue weighted by atomic mass is 10.1. The standard InChI is InChI=1S/C15H23N3O/c1-10(2)11(3)17-14(19)9-18-8-7-12-5-4-6-13(16)15(12)18/h4-6,10-11H,7-9,16H2,1-3H3,(H,17,19). The maximum Gasteiger partial charge on any atom is 0.239 e. The molecule has 1 aliphatic rings. The van der Waals surface area contributed by atoms with E-state index in [9.17, 15) is 4.79 Å². The molecule has 0 saturated carbocycles. The highest BCUT2D eigenvalue weighted by Gasteiger charge is 2.23. The molecule has 1 atom stereocenters. The van der Waals surface area contributed by atoms with Crippen molar-refractivity contribution in [3.8, 4) is 0 Å². The Balaban J connectivity index is 2.01. The summed E-state index contributed by atoms with van der Waals surface area (Å²) in [5.74, 6) is 0.511. The highest BCUT2D eigenvalue weighted by molar-refractivity contribution is 5.85. The first kappa shape index (κ1) is 13.7. The average Bonchev–Trinajstić information content (AvgIpc) is 2.73. The predicted molar refractivity (Wildman–Crippen MR) is 79.2 cm³/mol. The fraction of sp³-hybridized carbons (Fsp3) is 0.533. The van der Waals surface area contributed by atoms with Crippen LogP contribution in [0.25, 0.3) is 0 Å². The molecule has 4 nitrogen and oxygen atoms in total. The summed E-state index contributed by atoms with van der Waals surface area (Å²) >= 11 is 0. The lowest BCUT2D eigenvalue weighted by Crippen LogP contribution is -2.42. The van der Waals surface area contributed by atoms with Crippen LogP contribution < -0.4 is 16.0 Å². The molecular formula is C15H23N3O. The zero-order valence-electron chi connectivity index (χ0n) is 11.9. The number of amides is 1. The molecule has 19 heavy (non-hydrogen) atoms. The molecule has 2 rings (SSSR count). The lowest BCUT2D eigenvalue weighted by Gasteiger charge is -2.23. The van der Waals surface area contributed by atoms with Crippen LogP contribution in [0, 0.1) is 5.92 Å². The van der Waals surface area contributed by atoms with Gasteiger partial charge in [-0.05, 0) is 30.9 Å². The zero-order chi connectivity index (χ0) is 14.0. The number of nitrogens with zero attached hydrogens (tertiary/aromatic N) is 1. The molecule has 0 saturated heterocycles. The topological polar surface area (TPSA) is 58.4 Å². The number of rotatable bonds is 4. The normalized spacial score (nSPS) is 15.5. The van der Waals surface area contributed by atoms with E-state index in [1.807, 2.05) is 19.1 Å². The maximum absolute atomic E-state index is 12.0. The van der Waals surface area contributed by atoms with Crippen molar-refractivity contribution >= 4 is 17.3 Å². The summed E-state index contributed by atoms with van der Waals surface area (Å²) in [6.07, 6.45) is 0.966. The number of anilines is 2. The molecule has 1 unspecified atom stereocenters. The molecule has 1 aromatic rings. The van der Waals surface area contributed by atoms with Crippen LogP contribution in [0.15, 0.2) is 18.2 Å². The number of nitrogen functional groups attached to an aromatic ring is 1. The van der Waals surface area contributed by atoms with E-state index >= 15 is 0 Å². The molecule has 0 radical (unpaired) electrons. The fourth-order valence-corrected chi connectivity index (χ4v) is 2.36. The number of benzene rings is 1. The van der Waals surface area contributed by atoms with Crippen molar-refractivity contribution in [2.24, 2.45) is 5.92 Å². The first-order valence-corrected chi connectivity index (χ1v) is 6.90. The van der Waals surface area contributed by atoms with Crippen LogP contribution in [0.3, 0.4) is 0 Å². The van der Waals surface area contributed by atoms with Gasteiger partial charge >= 0.3 is 0 Å². The van der Waals surface area contributed by atoms with Crippen molar-refractivity contribution in [3.05, 3.63) is 23.8 Å². The SMILES string of the molecule is CC(C)C(C)NC(=O)CN1CCc2cccc(N)c21. The average molecular weight is 261 g/mol. The molecule has 1 heterocycles. The van der Waals surface area contributed by atoms with Crippen molar-refractivity contribution in [2.75, 3.05) is 23.7 Å². The number of nitrogens with two attached hydrogens (primary N) is 1. The van der Waals surface area contributed by atoms with Gasteiger partial charge in [0.1, 0.15) is 0 Å². The minimum atomic E-state index is 0.0669. The number of nitrogens with one attached hydrogen (secondary N) is 1. The number of carbonyl (C=O) groups is 1. The summed E-state index contributed by atoms with van der Waals surface area (Å²) < 4.78 is 0. The molecule has 1 aromatic carbocycles. The Bertz CT molecular complexity index is 470. The van der Waals surface area contributed by atoms with Crippen molar-refractivity contribution in [1.29, 1.82) is 0 Å². The van der Waals surface area contributed by atoms with Gasteiger partial charge in [-0.2, -0.15) is 0 Å². The third-order valence-corrected chi connectivity index (χ3v) is 3.84. The van der Waals surface area contributed by atoms with Crippen LogP contribution in [-0.2, 0) is 11.2 Å². The molecule has 1 aliphatic heterocycles. The summed E-state index contributed by atoms with van der Waals surface area (Å²) in [6.45, 7) is 7.50. The second-order valence-electron chi connectivity index (χ2n) is 5.63. The monoisotopic (exact) mass is 261 g/mol. The number of hydrogen-bond donors (Lipinski definition) is 2. The minimum Gasteiger partial charge on any atom is -0.397 e. The van der Waals surface area contributed by atoms with Crippen LogP contribution >= 0.6 is 0 Å². The molecule has 0 spiro atoms. The van der Waals surface area contributed by atoms with Gasteiger partial charge in [-0.15, -0.1) is 0 Å². The van der Waals surface area contributed by atoms with Crippen molar-refractivity contribution < 1.29 is 4.79 Å². The van der Waals surface area contributed by atoms with E-state index in [1.165, 1.54) is 5.56 Å². The van der Waals surface area contributed by atoms with Gasteiger partial charge in [-0.1, -0.05) is 26.0 Å². The summed E-state index contributed by atoms with van der Waals surface area (Å²) in [5, 5.41) is 3.04. The van der Waals surface area contributed by atoms with Gasteiger partial charge in [0.15, 0.2) is 0 Å². The largest absolute Gasteiger partial charge is 0.397 e. The van der Waals surface area contributed by atoms with Gasteiger partial charge < -0.3 is 16.0 Å². The third-order valence-electron chi connectivity index (χ3n) is 3.84. The van der Waals surface area contributed by atoms with Gasteiger partial charge in [-0.25, -0.2) is 0 Å². The number of carbonyl (C=O) groups excluding carboxylic acids is 1. The van der Waals surface area contributed by atoms with Crippen LogP contribution in [-0.4, -0.2) is 25.0 Å². The van der Waals surface area contributed by atoms with Crippen molar-refractivity contribution in [3.63, 3.8) is 0 Å². The van der Waals surface area contributed by atoms with Crippen molar-refractivity contribution in [2.45, 2.75) is 33.2 Å². The first-order valence-electron chi connectivity index (χ1n) is 6.90. The molecule has 4 heteroatoms. The summed E-state index contributed by atoms with van der Waals surface area (Å²) in [6, 6.07) is 6.15. The predicted octanol–water partition coefficient (Wildman–Crippen LogP) is 1.79. The Labute approximate surface area is 115 Å². The number of hydrogen-bond acceptors (Lipinski definition) is 3. The fourth-order valence-electron chi connectivity index (χ4n) is 2.36. The molecule has 0 bridgehead atoms. The molecule has 0 aromatic heterocycles. The number of para-hydroxylation sites is 1. The lowest BCUT2D eigenvalue weighted by molar-refractivity contribution is -0.120. The van der Waals surface area contributed by atoms with E-state index in [2.05, 4.69) is 30.1 Å². The van der Waals surface area contributed by atoms with Crippen LogP contribution in [0.2, 0.25) is 0 Å². The van der Waals surface area contributed by atoms with Gasteiger partial charge in [0, 0.05) is 12.6 Å². The van der Waals surface area contributed by atoms with Gasteiger partial charge in [0.25, 0.3) is 0 Å². The second-order valence-corrected chi connectivity index (χ2v) is 5.63. The smallest absolute Gasteiger partial charge is 0.239 e. The van der Waals surface area contributed by atoms with Crippen molar-refractivity contribution in [1.82, 2.24) is 5.32 Å². The molecule has 104 valence electrons. The Kier molecular flexibility index (Phi) is 3.98. The molecular weight excluding hydrogens is 238 g/mol. The molecule has 0 aliphatic carbocycles. The van der Waals surface area contributed by atoms with Gasteiger partial charge in [-0.3, -0.25) is 4.79 Å². The molecule has 3 N–H and O–H groups in total. The Morgan fingerprint density at radius 1 is 1.42 bits per heavy atom. The van der Waals surface area contributed by atoms with Crippen LogP contribution in [0.1, 0.15) is 26.3 Å². The van der Waals surface area contributed by atoms with E-state index in [1.54, 1.807) is 0 Å². The zero-order valence-corrected chi connectivity index (χ0v) is 11.9. The summed E-state index contributed by atoms with van der Waals surface area (Å²) in [5.41, 5.74) is 9.06. The summed E-state index contributed by atoms with van der Waals surface area (Å²) in [4.78, 5) is 14.1. The minimum absolute atomic E-state index is 0.0669. The Hall–Kier alpha value is -1.71. The second kappa shape index (κ2) is 5.51. The first-order chi connectivity index (χ1) is 8.99. The Morgan fingerprint density at radius 3 is 2.84 bits per heavy atom. The van der Waals surface area contributed by atoms with E-state index in [0.29, 0.717) is 12.5 Å². The highest BCUT2D eigenvalue weighted by Crippen LogP contribution is 2.33. The Morgan fingerprint density at radius 2 is 2.16 bits per heavy atom. The number of fused-ring (bicyclic) bond motifs is 1. The third kappa shape index (κ3) is 3.00. The summed E-state index contributed by atoms with van der Waals surface area (Å²) in [7, 11) is 0. The van der Waals surface area contributed by atoms with E-state index < -0.39 is 0 Å². The van der Waals surface area contributed by atoms with E-state index in [0.717, 1.165) is 24.3 Å². The van der Waals surface area contributed by atoms with Crippen LogP contribution in [0.4, 0.5) is 11.4 Å². The quantitative estimate of drug-likeness (QED) is 0.812. The van der Waals surface area contributed by atoms with Gasteiger partial charge in [0.05, 0.1) is 17.9 Å². The van der Waals surface area contributed by atoms with Crippen LogP contribution in [0.5, 0.6) is 0 Å².